The van der Waals surface area contributed by atoms with Crippen LogP contribution in [0.5, 0.6) is 0 Å². The second-order valence-electron chi connectivity index (χ2n) is 3.65. The number of nitriles is 1. The van der Waals surface area contributed by atoms with Gasteiger partial charge in [-0.05, 0) is 13.0 Å². The maximum Gasteiger partial charge on any atom is 0.257 e. The van der Waals surface area contributed by atoms with E-state index in [2.05, 4.69) is 10.4 Å². The van der Waals surface area contributed by atoms with Gasteiger partial charge in [-0.1, -0.05) is 0 Å². The Kier molecular flexibility index (Phi) is 4.43. The van der Waals surface area contributed by atoms with Crippen LogP contribution in [0.4, 0.5) is 5.69 Å². The molecule has 1 aromatic heterocycles. The lowest BCUT2D eigenvalue weighted by Crippen LogP contribution is -2.29. The summed E-state index contributed by atoms with van der Waals surface area (Å²) in [5.74, 6) is 5.15. The number of nitrogen functional groups attached to an aromatic ring is 1. The zero-order valence-electron chi connectivity index (χ0n) is 9.90. The molecule has 6 nitrogen and oxygen atoms in total. The molecule has 1 amide bonds. The molecule has 0 aromatic carbocycles. The van der Waals surface area contributed by atoms with Crippen LogP contribution in [-0.2, 0) is 0 Å². The third-order valence-corrected chi connectivity index (χ3v) is 2.33. The fraction of sp³-hybridized carbons (Fsp3) is 0.364. The molecule has 1 rings (SSSR count). The van der Waals surface area contributed by atoms with Crippen molar-refractivity contribution in [2.75, 3.05) is 19.0 Å². The third-order valence-electron chi connectivity index (χ3n) is 2.33. The number of aromatic nitrogens is 1. The first kappa shape index (κ1) is 12.9. The molecule has 90 valence electrons. The number of pyridine rings is 1. The molecule has 6 heteroatoms. The first-order chi connectivity index (χ1) is 8.10. The van der Waals surface area contributed by atoms with E-state index in [1.807, 2.05) is 13.0 Å². The lowest BCUT2D eigenvalue weighted by molar-refractivity contribution is 0.0798. The topological polar surface area (TPSA) is 95.0 Å². The molecule has 0 bridgehead atoms. The second-order valence-corrected chi connectivity index (χ2v) is 3.65. The maximum atomic E-state index is 12.0. The van der Waals surface area contributed by atoms with Crippen molar-refractivity contribution in [3.05, 3.63) is 23.5 Å². The van der Waals surface area contributed by atoms with E-state index in [0.717, 1.165) is 5.69 Å². The smallest absolute Gasteiger partial charge is 0.257 e. The molecule has 0 radical (unpaired) electrons. The molecule has 0 saturated heterocycles. The minimum absolute atomic E-state index is 0.208. The van der Waals surface area contributed by atoms with E-state index >= 15 is 0 Å². The Bertz CT molecular complexity index is 452. The lowest BCUT2D eigenvalue weighted by atomic mass is 10.2. The first-order valence-corrected chi connectivity index (χ1v) is 5.15. The van der Waals surface area contributed by atoms with Gasteiger partial charge in [0.1, 0.15) is 0 Å². The number of nitrogens with one attached hydrogen (secondary N) is 1. The highest BCUT2D eigenvalue weighted by Gasteiger charge is 2.15. The molecule has 0 aliphatic heterocycles. The summed E-state index contributed by atoms with van der Waals surface area (Å²) in [6.07, 6.45) is 1.78. The predicted molar refractivity (Wildman–Crippen MR) is 64.0 cm³/mol. The molecule has 0 saturated carbocycles. The number of aryl methyl sites for hydroxylation is 1. The standard InChI is InChI=1S/C11H15N5O/c1-8-6-10(15-13)9(7-14-8)11(17)16(2)5-3-4-12/h6-7H,3,5,13H2,1-2H3,(H,14,15). The Labute approximate surface area is 100 Å². The third kappa shape index (κ3) is 3.16. The van der Waals surface area contributed by atoms with E-state index in [0.29, 0.717) is 24.2 Å². The normalized spacial score (nSPS) is 9.53. The summed E-state index contributed by atoms with van der Waals surface area (Å²) in [6, 6.07) is 3.69. The van der Waals surface area contributed by atoms with Gasteiger partial charge >= 0.3 is 0 Å². The Morgan fingerprint density at radius 2 is 2.41 bits per heavy atom. The summed E-state index contributed by atoms with van der Waals surface area (Å²) >= 11 is 0. The van der Waals surface area contributed by atoms with Gasteiger partial charge in [0.15, 0.2) is 0 Å². The van der Waals surface area contributed by atoms with Gasteiger partial charge in [0.05, 0.1) is 23.7 Å². The Morgan fingerprint density at radius 1 is 1.71 bits per heavy atom. The van der Waals surface area contributed by atoms with Crippen LogP contribution in [0, 0.1) is 18.3 Å². The number of hydrogen-bond donors (Lipinski definition) is 2. The Balaban J connectivity index is 2.92. The molecular weight excluding hydrogens is 218 g/mol. The molecule has 1 heterocycles. The number of rotatable bonds is 4. The Hall–Kier alpha value is -2.13. The molecule has 0 spiro atoms. The molecule has 0 fully saturated rings. The van der Waals surface area contributed by atoms with Gasteiger partial charge in [0, 0.05) is 25.5 Å². The van der Waals surface area contributed by atoms with Gasteiger partial charge in [-0.3, -0.25) is 15.6 Å². The predicted octanol–water partition coefficient (Wildman–Crippen LogP) is 0.661. The lowest BCUT2D eigenvalue weighted by Gasteiger charge is -2.17. The quantitative estimate of drug-likeness (QED) is 0.588. The van der Waals surface area contributed by atoms with E-state index < -0.39 is 0 Å². The van der Waals surface area contributed by atoms with Crippen LogP contribution in [0.2, 0.25) is 0 Å². The SMILES string of the molecule is Cc1cc(NN)c(C(=O)N(C)CCC#N)cn1. The first-order valence-electron chi connectivity index (χ1n) is 5.15. The van der Waals surface area contributed by atoms with Gasteiger partial charge in [-0.15, -0.1) is 0 Å². The van der Waals surface area contributed by atoms with E-state index in [4.69, 9.17) is 11.1 Å². The summed E-state index contributed by atoms with van der Waals surface area (Å²) in [4.78, 5) is 17.6. The molecule has 3 N–H and O–H groups in total. The number of nitrogens with two attached hydrogens (primary N) is 1. The van der Waals surface area contributed by atoms with Crippen LogP contribution in [-0.4, -0.2) is 29.4 Å². The minimum atomic E-state index is -0.208. The van der Waals surface area contributed by atoms with Crippen molar-refractivity contribution in [1.82, 2.24) is 9.88 Å². The van der Waals surface area contributed by atoms with Crippen molar-refractivity contribution < 1.29 is 4.79 Å². The van der Waals surface area contributed by atoms with Crippen molar-refractivity contribution in [2.24, 2.45) is 5.84 Å². The van der Waals surface area contributed by atoms with Gasteiger partial charge in [-0.25, -0.2) is 0 Å². The highest BCUT2D eigenvalue weighted by molar-refractivity contribution is 5.99. The van der Waals surface area contributed by atoms with Gasteiger partial charge in [-0.2, -0.15) is 5.26 Å². The summed E-state index contributed by atoms with van der Waals surface area (Å²) in [5.41, 5.74) is 4.18. The highest BCUT2D eigenvalue weighted by atomic mass is 16.2. The number of carbonyl (C=O) groups excluding carboxylic acids is 1. The van der Waals surface area contributed by atoms with Crippen molar-refractivity contribution in [1.29, 1.82) is 5.26 Å². The fourth-order valence-corrected chi connectivity index (χ4v) is 1.37. The van der Waals surface area contributed by atoms with Crippen LogP contribution < -0.4 is 11.3 Å². The number of hydrogen-bond acceptors (Lipinski definition) is 5. The molecule has 17 heavy (non-hydrogen) atoms. The average molecular weight is 233 g/mol. The van der Waals surface area contributed by atoms with Crippen LogP contribution >= 0.6 is 0 Å². The van der Waals surface area contributed by atoms with Gasteiger partial charge in [0.2, 0.25) is 0 Å². The van der Waals surface area contributed by atoms with E-state index in [9.17, 15) is 4.79 Å². The van der Waals surface area contributed by atoms with Crippen molar-refractivity contribution in [3.63, 3.8) is 0 Å². The fourth-order valence-electron chi connectivity index (χ4n) is 1.37. The van der Waals surface area contributed by atoms with Crippen molar-refractivity contribution >= 4 is 11.6 Å². The zero-order valence-corrected chi connectivity index (χ0v) is 9.90. The zero-order chi connectivity index (χ0) is 12.8. The molecule has 1 aromatic rings. The summed E-state index contributed by atoms with van der Waals surface area (Å²) < 4.78 is 0. The summed E-state index contributed by atoms with van der Waals surface area (Å²) in [7, 11) is 1.64. The monoisotopic (exact) mass is 233 g/mol. The van der Waals surface area contributed by atoms with E-state index in [1.165, 1.54) is 11.1 Å². The van der Waals surface area contributed by atoms with Gasteiger partial charge in [0.25, 0.3) is 5.91 Å². The largest absolute Gasteiger partial charge is 0.341 e. The molecular formula is C11H15N5O. The number of anilines is 1. The molecule has 0 aliphatic rings. The molecule has 0 unspecified atom stereocenters. The summed E-state index contributed by atoms with van der Waals surface area (Å²) in [6.45, 7) is 2.20. The number of amides is 1. The van der Waals surface area contributed by atoms with Gasteiger partial charge < -0.3 is 10.3 Å². The molecule has 0 atom stereocenters. The minimum Gasteiger partial charge on any atom is -0.341 e. The Morgan fingerprint density at radius 3 is 3.00 bits per heavy atom. The number of carbonyl (C=O) groups is 1. The highest BCUT2D eigenvalue weighted by Crippen LogP contribution is 2.16. The average Bonchev–Trinajstić information content (AvgIpc) is 2.34. The van der Waals surface area contributed by atoms with E-state index in [1.54, 1.807) is 13.1 Å². The van der Waals surface area contributed by atoms with Crippen LogP contribution in [0.3, 0.4) is 0 Å². The number of hydrazine groups is 1. The second kappa shape index (κ2) is 5.82. The van der Waals surface area contributed by atoms with Crippen LogP contribution in [0.25, 0.3) is 0 Å². The van der Waals surface area contributed by atoms with Crippen molar-refractivity contribution in [2.45, 2.75) is 13.3 Å². The van der Waals surface area contributed by atoms with E-state index in [-0.39, 0.29) is 5.91 Å². The number of nitrogens with zero attached hydrogens (tertiary/aromatic N) is 3. The van der Waals surface area contributed by atoms with Crippen LogP contribution in [0.15, 0.2) is 12.3 Å². The van der Waals surface area contributed by atoms with Crippen LogP contribution in [0.1, 0.15) is 22.5 Å². The summed E-state index contributed by atoms with van der Waals surface area (Å²) in [5, 5.41) is 8.47. The van der Waals surface area contributed by atoms with Crippen molar-refractivity contribution in [3.8, 4) is 6.07 Å². The molecule has 0 aliphatic carbocycles. The maximum absolute atomic E-state index is 12.0.